The fourth-order valence-corrected chi connectivity index (χ4v) is 5.15. The van der Waals surface area contributed by atoms with Gasteiger partial charge in [-0.05, 0) is 57.0 Å². The number of methoxy groups -OCH3 is 1. The summed E-state index contributed by atoms with van der Waals surface area (Å²) in [6, 6.07) is 10.8. The van der Waals surface area contributed by atoms with E-state index in [0.29, 0.717) is 38.5 Å². The van der Waals surface area contributed by atoms with Crippen LogP contribution >= 0.6 is 23.2 Å². The van der Waals surface area contributed by atoms with Crippen molar-refractivity contribution in [3.63, 3.8) is 0 Å². The zero-order valence-electron chi connectivity index (χ0n) is 19.3. The standard InChI is InChI=1S/C25H26Cl2N4O3/c1-25(2)21-22(24(32)29-30-11-5-4-6-12-30)28-31(19-10-7-15(26)13-18(19)27)23(21)17-9-8-16(33-3)14-20(17)34-25/h7-10,13-14H,4-6,11-12H2,1-3H3,(H,29,32). The van der Waals surface area contributed by atoms with Gasteiger partial charge in [0.25, 0.3) is 5.91 Å². The van der Waals surface area contributed by atoms with Crippen molar-refractivity contribution < 1.29 is 14.3 Å². The SMILES string of the molecule is COc1ccc2c(c1)OC(C)(C)c1c(C(=O)NN3CCCCC3)nn(-c3ccc(Cl)cc3Cl)c1-2. The first-order valence-corrected chi connectivity index (χ1v) is 12.1. The van der Waals surface area contributed by atoms with Gasteiger partial charge in [0, 0.05) is 29.7 Å². The van der Waals surface area contributed by atoms with Crippen molar-refractivity contribution >= 4 is 29.1 Å². The van der Waals surface area contributed by atoms with Crippen LogP contribution in [0.4, 0.5) is 0 Å². The van der Waals surface area contributed by atoms with Crippen LogP contribution < -0.4 is 14.9 Å². The first-order chi connectivity index (χ1) is 16.3. The Bertz CT molecular complexity index is 1270. The minimum Gasteiger partial charge on any atom is -0.497 e. The Kier molecular flexibility index (Phi) is 5.96. The van der Waals surface area contributed by atoms with Crippen molar-refractivity contribution in [2.45, 2.75) is 38.7 Å². The molecule has 0 spiro atoms. The average Bonchev–Trinajstić information content (AvgIpc) is 3.21. The monoisotopic (exact) mass is 500 g/mol. The molecule has 0 radical (unpaired) electrons. The molecule has 0 saturated carbocycles. The van der Waals surface area contributed by atoms with Gasteiger partial charge >= 0.3 is 0 Å². The third-order valence-corrected chi connectivity index (χ3v) is 6.80. The Labute approximate surface area is 208 Å². The van der Waals surface area contributed by atoms with Crippen LogP contribution in [0.2, 0.25) is 10.0 Å². The van der Waals surface area contributed by atoms with Crippen LogP contribution in [0.3, 0.4) is 0 Å². The zero-order valence-corrected chi connectivity index (χ0v) is 20.8. The topological polar surface area (TPSA) is 68.6 Å². The van der Waals surface area contributed by atoms with Crippen molar-refractivity contribution in [3.05, 3.63) is 57.7 Å². The van der Waals surface area contributed by atoms with Crippen molar-refractivity contribution in [3.8, 4) is 28.4 Å². The molecular weight excluding hydrogens is 475 g/mol. The molecule has 2 aliphatic heterocycles. The van der Waals surface area contributed by atoms with Crippen molar-refractivity contribution in [2.24, 2.45) is 0 Å². The van der Waals surface area contributed by atoms with Crippen LogP contribution in [-0.2, 0) is 5.60 Å². The summed E-state index contributed by atoms with van der Waals surface area (Å²) in [5.74, 6) is 1.05. The van der Waals surface area contributed by atoms with E-state index in [-0.39, 0.29) is 5.91 Å². The van der Waals surface area contributed by atoms with Gasteiger partial charge in [-0.25, -0.2) is 9.69 Å². The highest BCUT2D eigenvalue weighted by molar-refractivity contribution is 6.35. The number of fused-ring (bicyclic) bond motifs is 3. The van der Waals surface area contributed by atoms with E-state index in [0.717, 1.165) is 37.2 Å². The van der Waals surface area contributed by atoms with Crippen LogP contribution in [-0.4, -0.2) is 40.9 Å². The lowest BCUT2D eigenvalue weighted by Gasteiger charge is -2.34. The number of piperidine rings is 1. The molecule has 178 valence electrons. The molecule has 1 N–H and O–H groups in total. The second-order valence-electron chi connectivity index (χ2n) is 9.04. The number of carbonyl (C=O) groups is 1. The van der Waals surface area contributed by atoms with E-state index in [9.17, 15) is 4.79 Å². The molecule has 1 saturated heterocycles. The molecule has 2 aromatic carbocycles. The number of aromatic nitrogens is 2. The second kappa shape index (κ2) is 8.80. The van der Waals surface area contributed by atoms with Crippen molar-refractivity contribution in [1.82, 2.24) is 20.2 Å². The van der Waals surface area contributed by atoms with Crippen LogP contribution in [0.15, 0.2) is 36.4 Å². The Morgan fingerprint density at radius 1 is 1.12 bits per heavy atom. The molecule has 2 aliphatic rings. The lowest BCUT2D eigenvalue weighted by atomic mass is 9.88. The smallest absolute Gasteiger partial charge is 0.286 e. The first kappa shape index (κ1) is 23.0. The molecule has 9 heteroatoms. The summed E-state index contributed by atoms with van der Waals surface area (Å²) in [6.07, 6.45) is 3.28. The maximum absolute atomic E-state index is 13.5. The Morgan fingerprint density at radius 2 is 1.88 bits per heavy atom. The Morgan fingerprint density at radius 3 is 2.59 bits per heavy atom. The van der Waals surface area contributed by atoms with Gasteiger partial charge in [0.15, 0.2) is 5.69 Å². The van der Waals surface area contributed by atoms with Gasteiger partial charge < -0.3 is 9.47 Å². The van der Waals surface area contributed by atoms with Gasteiger partial charge in [0.1, 0.15) is 17.1 Å². The minimum atomic E-state index is -0.833. The molecule has 0 aliphatic carbocycles. The molecule has 7 nitrogen and oxygen atoms in total. The van der Waals surface area contributed by atoms with Crippen LogP contribution in [0.25, 0.3) is 16.9 Å². The number of hydrazine groups is 1. The molecule has 3 aromatic rings. The van der Waals surface area contributed by atoms with E-state index >= 15 is 0 Å². The first-order valence-electron chi connectivity index (χ1n) is 11.3. The number of nitrogens with zero attached hydrogens (tertiary/aromatic N) is 3. The normalized spacial score (nSPS) is 16.9. The number of hydrogen-bond acceptors (Lipinski definition) is 5. The van der Waals surface area contributed by atoms with E-state index in [1.807, 2.05) is 37.1 Å². The molecule has 1 fully saturated rings. The number of benzene rings is 2. The minimum absolute atomic E-state index is 0.268. The number of halogens is 2. The van der Waals surface area contributed by atoms with Gasteiger partial charge in [0.2, 0.25) is 0 Å². The fraction of sp³-hybridized carbons (Fsp3) is 0.360. The van der Waals surface area contributed by atoms with E-state index in [2.05, 4.69) is 5.43 Å². The molecule has 1 amide bonds. The highest BCUT2D eigenvalue weighted by atomic mass is 35.5. The Hall–Kier alpha value is -2.74. The molecule has 0 unspecified atom stereocenters. The van der Waals surface area contributed by atoms with Gasteiger partial charge in [0.05, 0.1) is 29.1 Å². The van der Waals surface area contributed by atoms with Crippen LogP contribution in [0, 0.1) is 0 Å². The predicted molar refractivity (Wildman–Crippen MR) is 132 cm³/mol. The van der Waals surface area contributed by atoms with Crippen LogP contribution in [0.5, 0.6) is 11.5 Å². The summed E-state index contributed by atoms with van der Waals surface area (Å²) in [7, 11) is 1.61. The van der Waals surface area contributed by atoms with Gasteiger partial charge in [-0.3, -0.25) is 10.2 Å². The summed E-state index contributed by atoms with van der Waals surface area (Å²) >= 11 is 12.7. The molecule has 0 bridgehead atoms. The lowest BCUT2D eigenvalue weighted by Crippen LogP contribution is -2.46. The van der Waals surface area contributed by atoms with Gasteiger partial charge in [-0.1, -0.05) is 29.6 Å². The van der Waals surface area contributed by atoms with Crippen molar-refractivity contribution in [1.29, 1.82) is 0 Å². The number of amides is 1. The second-order valence-corrected chi connectivity index (χ2v) is 9.89. The van der Waals surface area contributed by atoms with E-state index in [1.54, 1.807) is 30.0 Å². The summed E-state index contributed by atoms with van der Waals surface area (Å²) < 4.78 is 13.5. The van der Waals surface area contributed by atoms with Gasteiger partial charge in [-0.2, -0.15) is 5.10 Å². The summed E-state index contributed by atoms with van der Waals surface area (Å²) in [4.78, 5) is 13.5. The number of rotatable bonds is 4. The van der Waals surface area contributed by atoms with Crippen LogP contribution in [0.1, 0.15) is 49.2 Å². The fourth-order valence-electron chi connectivity index (χ4n) is 4.66. The average molecular weight is 501 g/mol. The van der Waals surface area contributed by atoms with Gasteiger partial charge in [-0.15, -0.1) is 0 Å². The predicted octanol–water partition coefficient (Wildman–Crippen LogP) is 5.61. The highest BCUT2D eigenvalue weighted by Gasteiger charge is 2.42. The number of carbonyl (C=O) groups excluding carboxylic acids is 1. The molecular formula is C25H26Cl2N4O3. The Balaban J connectivity index is 1.71. The zero-order chi connectivity index (χ0) is 24.0. The van der Waals surface area contributed by atoms with Crippen molar-refractivity contribution in [2.75, 3.05) is 20.2 Å². The molecule has 5 rings (SSSR count). The van der Waals surface area contributed by atoms with E-state index in [1.165, 1.54) is 6.42 Å². The molecule has 34 heavy (non-hydrogen) atoms. The summed E-state index contributed by atoms with van der Waals surface area (Å²) in [6.45, 7) is 5.50. The highest BCUT2D eigenvalue weighted by Crippen LogP contribution is 2.49. The number of hydrogen-bond donors (Lipinski definition) is 1. The quantitative estimate of drug-likeness (QED) is 0.503. The van der Waals surface area contributed by atoms with E-state index in [4.69, 9.17) is 37.8 Å². The summed E-state index contributed by atoms with van der Waals surface area (Å²) in [5.41, 5.74) is 5.39. The maximum Gasteiger partial charge on any atom is 0.286 e. The maximum atomic E-state index is 13.5. The largest absolute Gasteiger partial charge is 0.497 e. The number of ether oxygens (including phenoxy) is 2. The summed E-state index contributed by atoms with van der Waals surface area (Å²) in [5, 5.41) is 7.71. The molecule has 3 heterocycles. The molecule has 1 aromatic heterocycles. The van der Waals surface area contributed by atoms with E-state index < -0.39 is 5.60 Å². The lowest BCUT2D eigenvalue weighted by molar-refractivity contribution is 0.0720. The molecule has 0 atom stereocenters. The third-order valence-electron chi connectivity index (χ3n) is 6.27. The third kappa shape index (κ3) is 4.02. The number of nitrogens with one attached hydrogen (secondary N) is 1.